The Balaban J connectivity index is 1.93. The number of aryl methyl sites for hydroxylation is 4. The number of hydrogen-bond acceptors (Lipinski definition) is 4. The van der Waals surface area contributed by atoms with Crippen LogP contribution in [0.1, 0.15) is 233 Å². The molecule has 6 aromatic carbocycles. The van der Waals surface area contributed by atoms with Gasteiger partial charge in [-0.15, -0.1) is 0 Å². The van der Waals surface area contributed by atoms with Crippen LogP contribution >= 0.6 is 16.8 Å². The van der Waals surface area contributed by atoms with Gasteiger partial charge in [0.15, 0.2) is 0 Å². The largest absolute Gasteiger partial charge is 0.347 e. The standard InChI is InChI=1S/C72H98O4P2/c1-39-31-45(53(69(17,18)19)35-49(39)65(5,6)7)43-29-30-44-58(57(43)46-32-40(2)50(66(8,9)10)36-54(46)70(20,21)22)62-59(47-33-41(3)51(67(11,12)13)37-55(47)71(23,24)25)61(64(78(75)76)63(60(44)62)77(73)74)48-34-42(4)52(68(14,15)16)38-56(48)72(26,27)28/h29-38,73-76H,1-28H3. The molecule has 7 rings (SSSR count). The lowest BCUT2D eigenvalue weighted by Gasteiger charge is -2.40. The summed E-state index contributed by atoms with van der Waals surface area (Å²) in [5.41, 5.74) is 24.2. The molecule has 0 aliphatic heterocycles. The molecule has 0 unspecified atom stereocenters. The maximum atomic E-state index is 12.3. The number of fused-ring (bicyclic) bond motifs is 4. The monoisotopic (exact) mass is 1090 g/mol. The van der Waals surface area contributed by atoms with E-state index in [0.717, 1.165) is 72.3 Å². The van der Waals surface area contributed by atoms with Crippen LogP contribution in [0.2, 0.25) is 0 Å². The normalized spacial score (nSPS) is 13.9. The second-order valence-electron chi connectivity index (χ2n) is 31.5. The van der Waals surface area contributed by atoms with Gasteiger partial charge in [0.1, 0.15) is 0 Å². The molecule has 420 valence electrons. The first kappa shape index (κ1) is 61.6. The Labute approximate surface area is 475 Å². The Morgan fingerprint density at radius 1 is 0.231 bits per heavy atom. The molecule has 6 aromatic rings. The van der Waals surface area contributed by atoms with E-state index in [9.17, 15) is 19.6 Å². The molecule has 4 nitrogen and oxygen atoms in total. The van der Waals surface area contributed by atoms with E-state index in [0.29, 0.717) is 11.1 Å². The van der Waals surface area contributed by atoms with Crippen LogP contribution < -0.4 is 10.6 Å². The molecule has 6 heteroatoms. The van der Waals surface area contributed by atoms with Crippen LogP contribution in [0, 0.1) is 27.7 Å². The highest BCUT2D eigenvalue weighted by atomic mass is 31.2. The fourth-order valence-electron chi connectivity index (χ4n) is 13.1. The van der Waals surface area contributed by atoms with E-state index in [2.05, 4.69) is 255 Å². The minimum Gasteiger partial charge on any atom is -0.347 e. The summed E-state index contributed by atoms with van der Waals surface area (Å²) in [7, 11) is -5.79. The number of hydrogen-bond donors (Lipinski definition) is 4. The van der Waals surface area contributed by atoms with Gasteiger partial charge in [-0.2, -0.15) is 0 Å². The first-order chi connectivity index (χ1) is 35.1. The van der Waals surface area contributed by atoms with Gasteiger partial charge in [-0.1, -0.05) is 227 Å². The molecule has 0 aromatic heterocycles. The van der Waals surface area contributed by atoms with Gasteiger partial charge >= 0.3 is 0 Å². The third kappa shape index (κ3) is 11.1. The van der Waals surface area contributed by atoms with Gasteiger partial charge in [0.25, 0.3) is 0 Å². The first-order valence-electron chi connectivity index (χ1n) is 28.5. The first-order valence-corrected chi connectivity index (χ1v) is 31.0. The van der Waals surface area contributed by atoms with Crippen LogP contribution in [0.4, 0.5) is 0 Å². The fourth-order valence-corrected chi connectivity index (χ4v) is 15.1. The number of benzene rings is 6. The minimum absolute atomic E-state index is 0.0872. The zero-order chi connectivity index (χ0) is 59.2. The third-order valence-corrected chi connectivity index (χ3v) is 18.5. The fraction of sp³-hybridized carbons (Fsp3) is 0.500. The van der Waals surface area contributed by atoms with E-state index in [1.54, 1.807) is 0 Å². The van der Waals surface area contributed by atoms with Crippen molar-refractivity contribution in [2.75, 3.05) is 0 Å². The molecule has 0 amide bonds. The van der Waals surface area contributed by atoms with Gasteiger partial charge in [0.2, 0.25) is 16.8 Å². The predicted octanol–water partition coefficient (Wildman–Crippen LogP) is 19.5. The summed E-state index contributed by atoms with van der Waals surface area (Å²) < 4.78 is 0. The highest BCUT2D eigenvalue weighted by Crippen LogP contribution is 2.64. The molecule has 0 atom stereocenters. The topological polar surface area (TPSA) is 80.9 Å². The maximum absolute atomic E-state index is 12.3. The molecule has 0 spiro atoms. The molecule has 0 fully saturated rings. The van der Waals surface area contributed by atoms with Crippen LogP contribution in [-0.4, -0.2) is 19.6 Å². The Morgan fingerprint density at radius 3 is 0.744 bits per heavy atom. The van der Waals surface area contributed by atoms with E-state index in [1.807, 2.05) is 0 Å². The van der Waals surface area contributed by atoms with Crippen molar-refractivity contribution in [1.29, 1.82) is 0 Å². The Hall–Kier alpha value is -3.98. The van der Waals surface area contributed by atoms with Crippen LogP contribution in [0.15, 0.2) is 60.7 Å². The van der Waals surface area contributed by atoms with E-state index >= 15 is 0 Å². The lowest BCUT2D eigenvalue weighted by molar-refractivity contribution is 0.492. The molecule has 1 aliphatic rings. The zero-order valence-electron chi connectivity index (χ0n) is 53.5. The molecule has 4 N–H and O–H groups in total. The van der Waals surface area contributed by atoms with Crippen LogP contribution in [0.5, 0.6) is 0 Å². The van der Waals surface area contributed by atoms with Crippen molar-refractivity contribution < 1.29 is 19.6 Å². The van der Waals surface area contributed by atoms with E-state index in [-0.39, 0.29) is 48.5 Å². The van der Waals surface area contributed by atoms with Gasteiger partial charge in [-0.25, -0.2) is 0 Å². The minimum atomic E-state index is -2.91. The molecular formula is C72H98O4P2. The average Bonchev–Trinajstić information content (AvgIpc) is 3.22. The molecule has 0 heterocycles. The van der Waals surface area contributed by atoms with Crippen molar-refractivity contribution in [3.8, 4) is 66.8 Å². The van der Waals surface area contributed by atoms with E-state index in [4.69, 9.17) is 0 Å². The van der Waals surface area contributed by atoms with Crippen molar-refractivity contribution in [3.05, 3.63) is 127 Å². The highest BCUT2D eigenvalue weighted by Gasteiger charge is 2.44. The number of rotatable bonds is 6. The van der Waals surface area contributed by atoms with Gasteiger partial charge in [-0.05, 0) is 188 Å². The Bertz CT molecular complexity index is 3380. The van der Waals surface area contributed by atoms with Gasteiger partial charge in [0, 0.05) is 16.7 Å². The van der Waals surface area contributed by atoms with Crippen LogP contribution in [0.3, 0.4) is 0 Å². The molecule has 0 bridgehead atoms. The summed E-state index contributed by atoms with van der Waals surface area (Å²) in [5.74, 6) is 0. The van der Waals surface area contributed by atoms with Crippen molar-refractivity contribution in [1.82, 2.24) is 0 Å². The third-order valence-electron chi connectivity index (χ3n) is 16.6. The van der Waals surface area contributed by atoms with Gasteiger partial charge < -0.3 is 19.6 Å². The summed E-state index contributed by atoms with van der Waals surface area (Å²) in [4.78, 5) is 49.1. The summed E-state index contributed by atoms with van der Waals surface area (Å²) in [5, 5.41) is 0.427. The van der Waals surface area contributed by atoms with E-state index < -0.39 is 22.2 Å². The molecule has 78 heavy (non-hydrogen) atoms. The SMILES string of the molecule is Cc1cc(-c2ccc3c(c2-c2cc(C)c(C(C)(C)C)cc2C(C)(C)C)-c2c(-c4cc(C)c(C(C)(C)C)cc4C(C)(C)C)c(-c4cc(C)c(C(C)(C)C)cc4C(C)(C)C)c(P(O)O)c(P(O)O)c2-3)c(C(C)(C)C)cc1C(C)(C)C. The molecule has 0 saturated heterocycles. The quantitative estimate of drug-likeness (QED) is 0.125. The average molecular weight is 1090 g/mol. The summed E-state index contributed by atoms with van der Waals surface area (Å²) in [6, 6.07) is 23.7. The second-order valence-corrected chi connectivity index (χ2v) is 33.6. The summed E-state index contributed by atoms with van der Waals surface area (Å²) >= 11 is 0. The molecule has 0 saturated carbocycles. The summed E-state index contributed by atoms with van der Waals surface area (Å²) in [6.45, 7) is 63.9. The van der Waals surface area contributed by atoms with Crippen molar-refractivity contribution in [2.24, 2.45) is 0 Å². The van der Waals surface area contributed by atoms with Gasteiger partial charge in [-0.3, -0.25) is 0 Å². The molecular weight excluding hydrogens is 991 g/mol. The zero-order valence-corrected chi connectivity index (χ0v) is 55.2. The lowest BCUT2D eigenvalue weighted by Crippen LogP contribution is -2.32. The highest BCUT2D eigenvalue weighted by molar-refractivity contribution is 7.61. The van der Waals surface area contributed by atoms with Crippen LogP contribution in [-0.2, 0) is 43.3 Å². The maximum Gasteiger partial charge on any atom is 0.201 e. The predicted molar refractivity (Wildman–Crippen MR) is 343 cm³/mol. The smallest absolute Gasteiger partial charge is 0.201 e. The van der Waals surface area contributed by atoms with Gasteiger partial charge in [0.05, 0.1) is 10.6 Å². The summed E-state index contributed by atoms with van der Waals surface area (Å²) in [6.07, 6.45) is 0. The van der Waals surface area contributed by atoms with E-state index in [1.165, 1.54) is 50.1 Å². The van der Waals surface area contributed by atoms with Crippen molar-refractivity contribution in [2.45, 2.75) is 237 Å². The lowest BCUT2D eigenvalue weighted by atomic mass is 9.65. The molecule has 0 radical (unpaired) electrons. The van der Waals surface area contributed by atoms with Crippen LogP contribution in [0.25, 0.3) is 66.8 Å². The van der Waals surface area contributed by atoms with Crippen molar-refractivity contribution >= 4 is 27.4 Å². The Kier molecular flexibility index (Phi) is 15.7. The Morgan fingerprint density at radius 2 is 0.462 bits per heavy atom. The molecule has 1 aliphatic carbocycles. The second kappa shape index (κ2) is 19.9. The van der Waals surface area contributed by atoms with Crippen molar-refractivity contribution in [3.63, 3.8) is 0 Å².